The summed E-state index contributed by atoms with van der Waals surface area (Å²) in [6.45, 7) is 10.7. The number of rotatable bonds is 5. The molecule has 0 radical (unpaired) electrons. The molecule has 96 valence electrons. The standard InChI is InChI=1S/C15H26OSi/c1-5-6-8-13-9-7-10-14-12-15(14,11-13)16-17(2,3)4/h5,11,14H,1,6-10,12H2,2-4H3. The van der Waals surface area contributed by atoms with Crippen LogP contribution in [0.1, 0.15) is 38.5 Å². The van der Waals surface area contributed by atoms with Gasteiger partial charge >= 0.3 is 0 Å². The van der Waals surface area contributed by atoms with Gasteiger partial charge in [0.05, 0.1) is 5.60 Å². The Labute approximate surface area is 107 Å². The molecule has 2 rings (SSSR count). The molecule has 0 spiro atoms. The summed E-state index contributed by atoms with van der Waals surface area (Å²) in [6.07, 6.45) is 12.1. The van der Waals surface area contributed by atoms with E-state index in [1.807, 2.05) is 6.08 Å². The number of fused-ring (bicyclic) bond motifs is 1. The maximum Gasteiger partial charge on any atom is 0.184 e. The third-order valence-electron chi connectivity index (χ3n) is 3.76. The molecule has 1 fully saturated rings. The average molecular weight is 250 g/mol. The second-order valence-electron chi connectivity index (χ2n) is 6.59. The van der Waals surface area contributed by atoms with Crippen molar-refractivity contribution in [2.24, 2.45) is 5.92 Å². The molecule has 1 saturated carbocycles. The third kappa shape index (κ3) is 3.32. The van der Waals surface area contributed by atoms with Gasteiger partial charge in [0.25, 0.3) is 0 Å². The molecule has 2 heteroatoms. The Morgan fingerprint density at radius 2 is 2.29 bits per heavy atom. The van der Waals surface area contributed by atoms with E-state index in [1.165, 1.54) is 32.1 Å². The summed E-state index contributed by atoms with van der Waals surface area (Å²) < 4.78 is 6.47. The van der Waals surface area contributed by atoms with Gasteiger partial charge in [-0.15, -0.1) is 6.58 Å². The van der Waals surface area contributed by atoms with E-state index in [4.69, 9.17) is 4.43 Å². The van der Waals surface area contributed by atoms with Crippen LogP contribution in [0.15, 0.2) is 24.3 Å². The summed E-state index contributed by atoms with van der Waals surface area (Å²) in [5.74, 6) is 0.815. The molecule has 0 aromatic heterocycles. The molecule has 2 unspecified atom stereocenters. The maximum absolute atomic E-state index is 6.47. The Morgan fingerprint density at radius 3 is 2.94 bits per heavy atom. The quantitative estimate of drug-likeness (QED) is 0.509. The van der Waals surface area contributed by atoms with E-state index in [1.54, 1.807) is 5.57 Å². The van der Waals surface area contributed by atoms with E-state index in [0.717, 1.165) is 12.3 Å². The largest absolute Gasteiger partial charge is 0.408 e. The number of hydrogen-bond acceptors (Lipinski definition) is 1. The van der Waals surface area contributed by atoms with Crippen LogP contribution in [0.2, 0.25) is 19.6 Å². The van der Waals surface area contributed by atoms with Crippen LogP contribution in [0.3, 0.4) is 0 Å². The monoisotopic (exact) mass is 250 g/mol. The normalized spacial score (nSPS) is 32.4. The van der Waals surface area contributed by atoms with Gasteiger partial charge in [0.2, 0.25) is 0 Å². The van der Waals surface area contributed by atoms with E-state index < -0.39 is 8.32 Å². The predicted molar refractivity (Wildman–Crippen MR) is 76.6 cm³/mol. The SMILES string of the molecule is C=CCCC1=CC2(O[Si](C)(C)C)CC2CCC1. The molecule has 0 saturated heterocycles. The van der Waals surface area contributed by atoms with E-state index in [-0.39, 0.29) is 5.60 Å². The van der Waals surface area contributed by atoms with Crippen LogP contribution < -0.4 is 0 Å². The first-order valence-corrected chi connectivity index (χ1v) is 10.4. The smallest absolute Gasteiger partial charge is 0.184 e. The van der Waals surface area contributed by atoms with E-state index in [2.05, 4.69) is 32.3 Å². The van der Waals surface area contributed by atoms with E-state index >= 15 is 0 Å². The van der Waals surface area contributed by atoms with Gasteiger partial charge in [-0.05, 0) is 64.1 Å². The number of hydrogen-bond donors (Lipinski definition) is 0. The molecule has 0 heterocycles. The zero-order chi connectivity index (χ0) is 12.5. The summed E-state index contributed by atoms with van der Waals surface area (Å²) in [7, 11) is -1.42. The Balaban J connectivity index is 2.08. The minimum absolute atomic E-state index is 0.150. The van der Waals surface area contributed by atoms with Gasteiger partial charge in [-0.1, -0.05) is 17.7 Å². The van der Waals surface area contributed by atoms with Gasteiger partial charge < -0.3 is 4.43 Å². The summed E-state index contributed by atoms with van der Waals surface area (Å²) in [5, 5.41) is 0. The van der Waals surface area contributed by atoms with Crippen LogP contribution in [-0.2, 0) is 4.43 Å². The second kappa shape index (κ2) is 4.73. The summed E-state index contributed by atoms with van der Waals surface area (Å²) in [4.78, 5) is 0. The van der Waals surface area contributed by atoms with Gasteiger partial charge in [0, 0.05) is 0 Å². The van der Waals surface area contributed by atoms with Crippen molar-refractivity contribution in [3.63, 3.8) is 0 Å². The van der Waals surface area contributed by atoms with Crippen molar-refractivity contribution in [3.8, 4) is 0 Å². The van der Waals surface area contributed by atoms with E-state index in [9.17, 15) is 0 Å². The lowest BCUT2D eigenvalue weighted by Gasteiger charge is -2.25. The fraction of sp³-hybridized carbons (Fsp3) is 0.733. The fourth-order valence-corrected chi connectivity index (χ4v) is 4.50. The molecule has 2 aliphatic rings. The Hall–Kier alpha value is -0.343. The highest BCUT2D eigenvalue weighted by molar-refractivity contribution is 6.69. The molecular weight excluding hydrogens is 224 g/mol. The highest BCUT2D eigenvalue weighted by atomic mass is 28.4. The van der Waals surface area contributed by atoms with Crippen LogP contribution in [-0.4, -0.2) is 13.9 Å². The second-order valence-corrected chi connectivity index (χ2v) is 11.0. The van der Waals surface area contributed by atoms with Crippen molar-refractivity contribution >= 4 is 8.32 Å². The predicted octanol–water partition coefficient (Wildman–Crippen LogP) is 4.67. The number of allylic oxidation sites excluding steroid dienone is 2. The van der Waals surface area contributed by atoms with Crippen LogP contribution in [0.4, 0.5) is 0 Å². The first kappa shape index (κ1) is 13.1. The van der Waals surface area contributed by atoms with Gasteiger partial charge in [-0.3, -0.25) is 0 Å². The van der Waals surface area contributed by atoms with Crippen molar-refractivity contribution in [2.45, 2.75) is 63.8 Å². The zero-order valence-corrected chi connectivity index (χ0v) is 12.6. The maximum atomic E-state index is 6.47. The van der Waals surface area contributed by atoms with Crippen molar-refractivity contribution in [2.75, 3.05) is 0 Å². The molecule has 0 amide bonds. The highest BCUT2D eigenvalue weighted by Gasteiger charge is 2.55. The zero-order valence-electron chi connectivity index (χ0n) is 11.6. The minimum Gasteiger partial charge on any atom is -0.408 e. The summed E-state index contributed by atoms with van der Waals surface area (Å²) >= 11 is 0. The Morgan fingerprint density at radius 1 is 1.53 bits per heavy atom. The van der Waals surface area contributed by atoms with Crippen LogP contribution >= 0.6 is 0 Å². The van der Waals surface area contributed by atoms with Crippen molar-refractivity contribution in [3.05, 3.63) is 24.3 Å². The van der Waals surface area contributed by atoms with Crippen molar-refractivity contribution in [1.82, 2.24) is 0 Å². The lowest BCUT2D eigenvalue weighted by molar-refractivity contribution is 0.201. The molecule has 0 aromatic rings. The van der Waals surface area contributed by atoms with Gasteiger partial charge in [0.1, 0.15) is 0 Å². The first-order chi connectivity index (χ1) is 7.95. The van der Waals surface area contributed by atoms with Gasteiger partial charge in [-0.2, -0.15) is 0 Å². The molecule has 0 bridgehead atoms. The summed E-state index contributed by atoms with van der Waals surface area (Å²) in [5.41, 5.74) is 1.76. The fourth-order valence-electron chi connectivity index (χ4n) is 3.05. The summed E-state index contributed by atoms with van der Waals surface area (Å²) in [6, 6.07) is 0. The molecule has 17 heavy (non-hydrogen) atoms. The Bertz CT molecular complexity index is 326. The molecule has 1 nitrogen and oxygen atoms in total. The first-order valence-electron chi connectivity index (χ1n) is 6.97. The average Bonchev–Trinajstić information content (AvgIpc) is 2.84. The lowest BCUT2D eigenvalue weighted by atomic mass is 10.0. The Kier molecular flexibility index (Phi) is 3.65. The van der Waals surface area contributed by atoms with Gasteiger partial charge in [-0.25, -0.2) is 0 Å². The third-order valence-corrected chi connectivity index (χ3v) is 4.75. The van der Waals surface area contributed by atoms with Crippen molar-refractivity contribution in [1.29, 1.82) is 0 Å². The van der Waals surface area contributed by atoms with Crippen LogP contribution in [0.25, 0.3) is 0 Å². The molecule has 2 aliphatic carbocycles. The van der Waals surface area contributed by atoms with Crippen molar-refractivity contribution < 1.29 is 4.43 Å². The molecule has 0 aliphatic heterocycles. The molecule has 0 aromatic carbocycles. The van der Waals surface area contributed by atoms with Crippen LogP contribution in [0.5, 0.6) is 0 Å². The molecule has 0 N–H and O–H groups in total. The minimum atomic E-state index is -1.42. The highest BCUT2D eigenvalue weighted by Crippen LogP contribution is 2.55. The topological polar surface area (TPSA) is 9.23 Å². The lowest BCUT2D eigenvalue weighted by Crippen LogP contribution is -2.33. The van der Waals surface area contributed by atoms with Gasteiger partial charge in [0.15, 0.2) is 8.32 Å². The molecular formula is C15H26OSi. The van der Waals surface area contributed by atoms with E-state index in [0.29, 0.717) is 0 Å². The van der Waals surface area contributed by atoms with Crippen LogP contribution in [0, 0.1) is 5.92 Å². The molecule has 2 atom stereocenters.